The van der Waals surface area contributed by atoms with Crippen LogP contribution in [-0.2, 0) is 9.59 Å². The maximum atomic E-state index is 11.7. The van der Waals surface area contributed by atoms with Crippen molar-refractivity contribution in [3.8, 4) is 0 Å². The molecule has 9 nitrogen and oxygen atoms in total. The maximum Gasteiger partial charge on any atom is 0.317 e. The predicted molar refractivity (Wildman–Crippen MR) is 80.8 cm³/mol. The molecule has 1 aromatic heterocycles. The fraction of sp³-hybridized carbons (Fsp3) is 0.333. The Kier molecular flexibility index (Phi) is 6.32. The molecule has 0 fully saturated rings. The van der Waals surface area contributed by atoms with Crippen LogP contribution in [0.4, 0.5) is 14.8 Å². The Balaban J connectivity index is 2.61. The molecule has 0 atom stereocenters. The molecular weight excluding hydrogens is 312 g/mol. The molecule has 1 heterocycles. The van der Waals surface area contributed by atoms with E-state index in [0.29, 0.717) is 17.8 Å². The van der Waals surface area contributed by atoms with Crippen LogP contribution in [0.5, 0.6) is 0 Å². The molecule has 0 radical (unpaired) electrons. The van der Waals surface area contributed by atoms with Gasteiger partial charge in [-0.15, -0.1) is 0 Å². The number of urea groups is 1. The molecule has 0 spiro atoms. The number of carboxylic acid groups (broad SMARTS) is 1. The van der Waals surface area contributed by atoms with Gasteiger partial charge in [0.1, 0.15) is 5.00 Å². The molecule has 0 aliphatic rings. The Bertz CT molecular complexity index is 598. The molecule has 0 bridgehead atoms. The van der Waals surface area contributed by atoms with Gasteiger partial charge in [0.05, 0.1) is 10.6 Å². The highest BCUT2D eigenvalue weighted by atomic mass is 32.1. The van der Waals surface area contributed by atoms with Crippen molar-refractivity contribution >= 4 is 45.2 Å². The topological polar surface area (TPSA) is 165 Å². The molecule has 0 saturated carbocycles. The summed E-state index contributed by atoms with van der Waals surface area (Å²) in [5.74, 6) is -2.00. The second kappa shape index (κ2) is 7.98. The van der Waals surface area contributed by atoms with Gasteiger partial charge < -0.3 is 21.9 Å². The van der Waals surface area contributed by atoms with Crippen molar-refractivity contribution < 1.29 is 24.3 Å². The van der Waals surface area contributed by atoms with E-state index >= 15 is 0 Å². The summed E-state index contributed by atoms with van der Waals surface area (Å²) in [6.45, 7) is 0. The largest absolute Gasteiger partial charge is 0.481 e. The number of nitrogens with two attached hydrogens (primary N) is 2. The van der Waals surface area contributed by atoms with E-state index in [1.54, 1.807) is 0 Å². The molecule has 7 N–H and O–H groups in total. The van der Waals surface area contributed by atoms with Crippen molar-refractivity contribution in [2.45, 2.75) is 25.7 Å². The minimum atomic E-state index is -0.910. The first-order chi connectivity index (χ1) is 10.3. The SMILES string of the molecule is NC(=O)Nc1sc(NC(=O)CCCCC(=O)O)cc1C(N)=O. The first-order valence-electron chi connectivity index (χ1n) is 6.31. The van der Waals surface area contributed by atoms with Gasteiger partial charge in [0.25, 0.3) is 5.91 Å². The average Bonchev–Trinajstić information content (AvgIpc) is 2.76. The summed E-state index contributed by atoms with van der Waals surface area (Å²) in [6.07, 6.45) is 0.979. The van der Waals surface area contributed by atoms with Crippen LogP contribution in [0.25, 0.3) is 0 Å². The zero-order chi connectivity index (χ0) is 16.7. The number of nitrogens with one attached hydrogen (secondary N) is 2. The van der Waals surface area contributed by atoms with Crippen LogP contribution in [-0.4, -0.2) is 28.9 Å². The van der Waals surface area contributed by atoms with E-state index in [4.69, 9.17) is 16.6 Å². The Morgan fingerprint density at radius 1 is 1.09 bits per heavy atom. The summed E-state index contributed by atoms with van der Waals surface area (Å²) in [7, 11) is 0. The Labute approximate surface area is 129 Å². The zero-order valence-electron chi connectivity index (χ0n) is 11.5. The van der Waals surface area contributed by atoms with E-state index in [1.807, 2.05) is 0 Å². The number of aliphatic carboxylic acids is 1. The van der Waals surface area contributed by atoms with E-state index < -0.39 is 17.9 Å². The molecule has 120 valence electrons. The van der Waals surface area contributed by atoms with Crippen molar-refractivity contribution in [2.75, 3.05) is 10.6 Å². The number of hydrogen-bond donors (Lipinski definition) is 5. The van der Waals surface area contributed by atoms with Gasteiger partial charge in [0, 0.05) is 12.8 Å². The number of primary amides is 2. The lowest BCUT2D eigenvalue weighted by molar-refractivity contribution is -0.137. The minimum absolute atomic E-state index is 0.00475. The quantitative estimate of drug-likeness (QED) is 0.447. The van der Waals surface area contributed by atoms with Crippen LogP contribution in [0, 0.1) is 0 Å². The molecule has 1 rings (SSSR count). The van der Waals surface area contributed by atoms with Gasteiger partial charge in [0.2, 0.25) is 5.91 Å². The molecule has 1 aromatic rings. The molecule has 0 aliphatic heterocycles. The highest BCUT2D eigenvalue weighted by Crippen LogP contribution is 2.32. The van der Waals surface area contributed by atoms with Crippen LogP contribution < -0.4 is 22.1 Å². The highest BCUT2D eigenvalue weighted by Gasteiger charge is 2.16. The number of carbonyl (C=O) groups is 4. The summed E-state index contributed by atoms with van der Waals surface area (Å²) in [5.41, 5.74) is 10.2. The van der Waals surface area contributed by atoms with E-state index in [2.05, 4.69) is 10.6 Å². The van der Waals surface area contributed by atoms with Gasteiger partial charge in [-0.25, -0.2) is 4.79 Å². The monoisotopic (exact) mass is 328 g/mol. The van der Waals surface area contributed by atoms with Crippen LogP contribution in [0.1, 0.15) is 36.0 Å². The lowest BCUT2D eigenvalue weighted by Crippen LogP contribution is -2.21. The number of thiophene rings is 1. The number of amides is 4. The van der Waals surface area contributed by atoms with Gasteiger partial charge >= 0.3 is 12.0 Å². The van der Waals surface area contributed by atoms with Gasteiger partial charge in [0.15, 0.2) is 0 Å². The molecule has 0 aromatic carbocycles. The number of carbonyl (C=O) groups excluding carboxylic acids is 3. The van der Waals surface area contributed by atoms with E-state index in [-0.39, 0.29) is 29.3 Å². The maximum absolute atomic E-state index is 11.7. The minimum Gasteiger partial charge on any atom is -0.481 e. The summed E-state index contributed by atoms with van der Waals surface area (Å²) in [4.78, 5) is 44.1. The van der Waals surface area contributed by atoms with Crippen LogP contribution in [0.3, 0.4) is 0 Å². The van der Waals surface area contributed by atoms with Crippen molar-refractivity contribution in [2.24, 2.45) is 11.5 Å². The van der Waals surface area contributed by atoms with Gasteiger partial charge in [-0.2, -0.15) is 0 Å². The Morgan fingerprint density at radius 3 is 2.27 bits per heavy atom. The molecule has 22 heavy (non-hydrogen) atoms. The third-order valence-corrected chi connectivity index (χ3v) is 3.51. The first-order valence-corrected chi connectivity index (χ1v) is 7.13. The van der Waals surface area contributed by atoms with Crippen molar-refractivity contribution in [3.63, 3.8) is 0 Å². The van der Waals surface area contributed by atoms with E-state index in [1.165, 1.54) is 6.07 Å². The van der Waals surface area contributed by atoms with Gasteiger partial charge in [-0.3, -0.25) is 19.7 Å². The van der Waals surface area contributed by atoms with E-state index in [9.17, 15) is 19.2 Å². The third-order valence-electron chi connectivity index (χ3n) is 2.54. The Morgan fingerprint density at radius 2 is 1.73 bits per heavy atom. The van der Waals surface area contributed by atoms with E-state index in [0.717, 1.165) is 11.3 Å². The second-order valence-corrected chi connectivity index (χ2v) is 5.41. The van der Waals surface area contributed by atoms with Crippen molar-refractivity contribution in [1.29, 1.82) is 0 Å². The summed E-state index contributed by atoms with van der Waals surface area (Å²) >= 11 is 0.950. The number of anilines is 2. The van der Waals surface area contributed by atoms with Gasteiger partial charge in [-0.05, 0) is 18.9 Å². The standard InChI is InChI=1S/C12H16N4O5S/c13-10(20)6-5-8(22-11(6)16-12(14)21)15-7(17)3-1-2-4-9(18)19/h5H,1-4H2,(H2,13,20)(H,15,17)(H,18,19)(H3,14,16,21). The fourth-order valence-electron chi connectivity index (χ4n) is 1.60. The molecule has 0 aliphatic carbocycles. The lowest BCUT2D eigenvalue weighted by Gasteiger charge is -2.01. The lowest BCUT2D eigenvalue weighted by atomic mass is 10.2. The zero-order valence-corrected chi connectivity index (χ0v) is 12.4. The van der Waals surface area contributed by atoms with Gasteiger partial charge in [-0.1, -0.05) is 11.3 Å². The summed E-state index contributed by atoms with van der Waals surface area (Å²) in [6, 6.07) is 0.490. The normalized spacial score (nSPS) is 10.0. The van der Waals surface area contributed by atoms with Crippen LogP contribution >= 0.6 is 11.3 Å². The second-order valence-electron chi connectivity index (χ2n) is 4.36. The molecular formula is C12H16N4O5S. The molecule has 10 heteroatoms. The number of hydrogen-bond acceptors (Lipinski definition) is 5. The molecule has 0 saturated heterocycles. The average molecular weight is 328 g/mol. The number of rotatable bonds is 8. The smallest absolute Gasteiger partial charge is 0.317 e. The number of unbranched alkanes of at least 4 members (excludes halogenated alkanes) is 1. The first kappa shape index (κ1) is 17.4. The predicted octanol–water partition coefficient (Wildman–Crippen LogP) is 0.921. The van der Waals surface area contributed by atoms with Crippen molar-refractivity contribution in [1.82, 2.24) is 0 Å². The molecule has 4 amide bonds. The summed E-state index contributed by atoms with van der Waals surface area (Å²) < 4.78 is 0. The Hall–Kier alpha value is -2.62. The summed E-state index contributed by atoms with van der Waals surface area (Å²) in [5, 5.41) is 13.8. The fourth-order valence-corrected chi connectivity index (χ4v) is 2.58. The third kappa shape index (κ3) is 5.79. The molecule has 0 unspecified atom stereocenters. The number of carboxylic acids is 1. The van der Waals surface area contributed by atoms with Crippen molar-refractivity contribution in [3.05, 3.63) is 11.6 Å². The highest BCUT2D eigenvalue weighted by molar-refractivity contribution is 7.20. The van der Waals surface area contributed by atoms with Crippen LogP contribution in [0.15, 0.2) is 6.07 Å². The van der Waals surface area contributed by atoms with Crippen LogP contribution in [0.2, 0.25) is 0 Å².